The van der Waals surface area contributed by atoms with Crippen molar-refractivity contribution in [1.82, 2.24) is 9.78 Å². The van der Waals surface area contributed by atoms with Gasteiger partial charge in [-0.05, 0) is 20.3 Å². The number of alkyl halides is 3. The summed E-state index contributed by atoms with van der Waals surface area (Å²) in [6.45, 7) is 3.03. The zero-order chi connectivity index (χ0) is 13.3. The Bertz CT molecular complexity index is 473. The molecule has 0 radical (unpaired) electrons. The van der Waals surface area contributed by atoms with Crippen molar-refractivity contribution in [2.45, 2.75) is 39.4 Å². The summed E-state index contributed by atoms with van der Waals surface area (Å²) < 4.78 is 38.1. The molecule has 0 saturated heterocycles. The third kappa shape index (κ3) is 2.83. The number of aliphatic imine (C=N–C) groups is 1. The van der Waals surface area contributed by atoms with Crippen LogP contribution in [0.3, 0.4) is 0 Å². The van der Waals surface area contributed by atoms with Crippen LogP contribution in [-0.2, 0) is 6.54 Å². The van der Waals surface area contributed by atoms with Crippen molar-refractivity contribution >= 4 is 11.5 Å². The second kappa shape index (κ2) is 4.62. The third-order valence-corrected chi connectivity index (χ3v) is 2.85. The quantitative estimate of drug-likeness (QED) is 0.888. The van der Waals surface area contributed by atoms with Crippen molar-refractivity contribution in [2.75, 3.05) is 11.9 Å². The minimum absolute atomic E-state index is 0.486. The molecule has 1 N–H and O–H groups in total. The van der Waals surface area contributed by atoms with Gasteiger partial charge in [-0.1, -0.05) is 0 Å². The molecule has 1 aromatic rings. The standard InChI is InChI=1S/C11H15F3N4/c1-7-10(16-9-4-3-5-15-9)8(2)18(17-7)6-11(12,13)14/h3-6H2,1-2H3,(H,15,16). The minimum atomic E-state index is -4.26. The Morgan fingerprint density at radius 1 is 1.33 bits per heavy atom. The van der Waals surface area contributed by atoms with Gasteiger partial charge in [-0.25, -0.2) is 0 Å². The van der Waals surface area contributed by atoms with E-state index in [0.717, 1.165) is 29.9 Å². The number of nitrogens with zero attached hydrogens (tertiary/aromatic N) is 3. The number of halogens is 3. The van der Waals surface area contributed by atoms with Crippen LogP contribution in [-0.4, -0.2) is 28.3 Å². The van der Waals surface area contributed by atoms with E-state index in [-0.39, 0.29) is 0 Å². The van der Waals surface area contributed by atoms with Crippen molar-refractivity contribution in [3.63, 3.8) is 0 Å². The second-order valence-electron chi connectivity index (χ2n) is 4.38. The largest absolute Gasteiger partial charge is 0.408 e. The highest BCUT2D eigenvalue weighted by Gasteiger charge is 2.30. The first-order valence-electron chi connectivity index (χ1n) is 5.78. The topological polar surface area (TPSA) is 42.2 Å². The smallest absolute Gasteiger partial charge is 0.341 e. The van der Waals surface area contributed by atoms with Crippen molar-refractivity contribution in [1.29, 1.82) is 0 Å². The lowest BCUT2D eigenvalue weighted by atomic mass is 10.3. The SMILES string of the molecule is Cc1nn(CC(F)(F)F)c(C)c1NC1=NCCC1. The van der Waals surface area contributed by atoms with Crippen LogP contribution < -0.4 is 5.32 Å². The molecule has 7 heteroatoms. The molecule has 0 amide bonds. The summed E-state index contributed by atoms with van der Waals surface area (Å²) in [7, 11) is 0. The number of nitrogens with one attached hydrogen (secondary N) is 1. The fourth-order valence-electron chi connectivity index (χ4n) is 1.99. The highest BCUT2D eigenvalue weighted by Crippen LogP contribution is 2.24. The average Bonchev–Trinajstić information content (AvgIpc) is 2.81. The lowest BCUT2D eigenvalue weighted by Gasteiger charge is -2.09. The summed E-state index contributed by atoms with van der Waals surface area (Å²) in [5.41, 5.74) is 1.69. The number of hydrogen-bond donors (Lipinski definition) is 1. The normalized spacial score (nSPS) is 15.9. The Hall–Kier alpha value is -1.53. The average molecular weight is 260 g/mol. The molecule has 0 aromatic carbocycles. The zero-order valence-corrected chi connectivity index (χ0v) is 10.3. The maximum absolute atomic E-state index is 12.4. The number of rotatable bonds is 2. The molecular formula is C11H15F3N4. The lowest BCUT2D eigenvalue weighted by molar-refractivity contribution is -0.142. The van der Waals surface area contributed by atoms with Crippen LogP contribution in [0, 0.1) is 13.8 Å². The van der Waals surface area contributed by atoms with Crippen LogP contribution in [0.1, 0.15) is 24.2 Å². The molecule has 0 saturated carbocycles. The molecular weight excluding hydrogens is 245 g/mol. The maximum atomic E-state index is 12.4. The number of hydrogen-bond acceptors (Lipinski definition) is 3. The van der Waals surface area contributed by atoms with E-state index < -0.39 is 12.7 Å². The molecule has 1 aliphatic rings. The molecule has 1 aliphatic heterocycles. The van der Waals surface area contributed by atoms with Gasteiger partial charge in [-0.3, -0.25) is 9.67 Å². The molecule has 2 heterocycles. The van der Waals surface area contributed by atoms with Crippen molar-refractivity contribution in [3.05, 3.63) is 11.4 Å². The third-order valence-electron chi connectivity index (χ3n) is 2.85. The fraction of sp³-hybridized carbons (Fsp3) is 0.636. The predicted octanol–water partition coefficient (Wildman–Crippen LogP) is 2.67. The van der Waals surface area contributed by atoms with Gasteiger partial charge in [-0.2, -0.15) is 18.3 Å². The highest BCUT2D eigenvalue weighted by atomic mass is 19.4. The summed E-state index contributed by atoms with van der Waals surface area (Å²) in [6, 6.07) is 0. The summed E-state index contributed by atoms with van der Waals surface area (Å²) in [5, 5.41) is 7.00. The Morgan fingerprint density at radius 2 is 2.06 bits per heavy atom. The van der Waals surface area contributed by atoms with E-state index in [1.165, 1.54) is 0 Å². The first-order valence-corrected chi connectivity index (χ1v) is 5.78. The van der Waals surface area contributed by atoms with E-state index in [2.05, 4.69) is 15.4 Å². The van der Waals surface area contributed by atoms with E-state index in [4.69, 9.17) is 0 Å². The van der Waals surface area contributed by atoms with E-state index in [1.807, 2.05) is 0 Å². The Kier molecular flexibility index (Phi) is 3.32. The highest BCUT2D eigenvalue weighted by molar-refractivity contribution is 5.97. The molecule has 18 heavy (non-hydrogen) atoms. The zero-order valence-electron chi connectivity index (χ0n) is 10.3. The second-order valence-corrected chi connectivity index (χ2v) is 4.38. The minimum Gasteiger partial charge on any atom is -0.341 e. The summed E-state index contributed by atoms with van der Waals surface area (Å²) in [4.78, 5) is 4.24. The van der Waals surface area contributed by atoms with E-state index in [0.29, 0.717) is 17.1 Å². The van der Waals surface area contributed by atoms with Crippen molar-refractivity contribution < 1.29 is 13.2 Å². The Morgan fingerprint density at radius 3 is 2.61 bits per heavy atom. The molecule has 4 nitrogen and oxygen atoms in total. The molecule has 0 bridgehead atoms. The molecule has 0 aliphatic carbocycles. The van der Waals surface area contributed by atoms with Gasteiger partial charge in [0, 0.05) is 13.0 Å². The maximum Gasteiger partial charge on any atom is 0.408 e. The van der Waals surface area contributed by atoms with Crippen molar-refractivity contribution in [2.24, 2.45) is 4.99 Å². The molecule has 0 atom stereocenters. The van der Waals surface area contributed by atoms with Gasteiger partial charge in [0.1, 0.15) is 12.4 Å². The number of anilines is 1. The summed E-state index contributed by atoms with van der Waals surface area (Å²) in [6.07, 6.45) is -2.44. The van der Waals surface area contributed by atoms with Crippen LogP contribution in [0.4, 0.5) is 18.9 Å². The van der Waals surface area contributed by atoms with E-state index >= 15 is 0 Å². The van der Waals surface area contributed by atoms with Gasteiger partial charge in [0.25, 0.3) is 0 Å². The van der Waals surface area contributed by atoms with Crippen LogP contribution in [0.5, 0.6) is 0 Å². The van der Waals surface area contributed by atoms with Crippen LogP contribution in [0.2, 0.25) is 0 Å². The van der Waals surface area contributed by atoms with E-state index in [1.54, 1.807) is 13.8 Å². The van der Waals surface area contributed by atoms with E-state index in [9.17, 15) is 13.2 Å². The Labute approximate surface area is 103 Å². The number of aromatic nitrogens is 2. The molecule has 100 valence electrons. The molecule has 2 rings (SSSR count). The van der Waals surface area contributed by atoms with Gasteiger partial charge >= 0.3 is 6.18 Å². The van der Waals surface area contributed by atoms with Gasteiger partial charge < -0.3 is 5.32 Å². The molecule has 0 spiro atoms. The molecule has 0 fully saturated rings. The summed E-state index contributed by atoms with van der Waals surface area (Å²) in [5.74, 6) is 0.827. The van der Waals surface area contributed by atoms with Gasteiger partial charge in [0.2, 0.25) is 0 Å². The monoisotopic (exact) mass is 260 g/mol. The molecule has 0 unspecified atom stereocenters. The van der Waals surface area contributed by atoms with Crippen LogP contribution in [0.15, 0.2) is 4.99 Å². The fourth-order valence-corrected chi connectivity index (χ4v) is 1.99. The van der Waals surface area contributed by atoms with Crippen molar-refractivity contribution in [3.8, 4) is 0 Å². The first-order chi connectivity index (χ1) is 8.37. The van der Waals surface area contributed by atoms with Crippen LogP contribution in [0.25, 0.3) is 0 Å². The molecule has 1 aromatic heterocycles. The number of aryl methyl sites for hydroxylation is 1. The van der Waals surface area contributed by atoms with Gasteiger partial charge in [-0.15, -0.1) is 0 Å². The first kappa shape index (κ1) is 12.9. The van der Waals surface area contributed by atoms with Crippen LogP contribution >= 0.6 is 0 Å². The van der Waals surface area contributed by atoms with Gasteiger partial charge in [0.05, 0.1) is 17.1 Å². The predicted molar refractivity (Wildman–Crippen MR) is 62.9 cm³/mol. The Balaban J connectivity index is 2.20. The lowest BCUT2D eigenvalue weighted by Crippen LogP contribution is -2.19. The number of amidine groups is 1. The van der Waals surface area contributed by atoms with Gasteiger partial charge in [0.15, 0.2) is 0 Å². The summed E-state index contributed by atoms with van der Waals surface area (Å²) >= 11 is 0.